The van der Waals surface area contributed by atoms with Crippen molar-refractivity contribution in [3.8, 4) is 0 Å². The molecule has 0 heterocycles. The second kappa shape index (κ2) is 4.69. The fraction of sp³-hybridized carbons (Fsp3) is 0.850. The van der Waals surface area contributed by atoms with Crippen molar-refractivity contribution < 1.29 is 9.90 Å². The Balaban J connectivity index is 1.74. The Labute approximate surface area is 134 Å². The van der Waals surface area contributed by atoms with Gasteiger partial charge in [0.25, 0.3) is 0 Å². The molecular weight excluding hydrogens is 272 g/mol. The fourth-order valence-corrected chi connectivity index (χ4v) is 7.22. The summed E-state index contributed by atoms with van der Waals surface area (Å²) >= 11 is 0. The molecule has 2 nitrogen and oxygen atoms in total. The molecule has 2 heteroatoms. The van der Waals surface area contributed by atoms with E-state index in [-0.39, 0.29) is 16.9 Å². The summed E-state index contributed by atoms with van der Waals surface area (Å²) in [6.07, 6.45) is 9.39. The molecule has 0 unspecified atom stereocenters. The minimum atomic E-state index is -0.109. The summed E-state index contributed by atoms with van der Waals surface area (Å²) in [7, 11) is 0. The molecule has 1 N–H and O–H groups in total. The van der Waals surface area contributed by atoms with E-state index in [1.165, 1.54) is 18.4 Å². The first-order valence-electron chi connectivity index (χ1n) is 9.24. The van der Waals surface area contributed by atoms with E-state index < -0.39 is 0 Å². The summed E-state index contributed by atoms with van der Waals surface area (Å²) in [6, 6.07) is 0. The number of carbonyl (C=O) groups excluding carboxylic acids is 1. The van der Waals surface area contributed by atoms with Gasteiger partial charge in [0, 0.05) is 6.42 Å². The van der Waals surface area contributed by atoms with Gasteiger partial charge >= 0.3 is 0 Å². The molecule has 0 aliphatic heterocycles. The highest BCUT2D eigenvalue weighted by atomic mass is 16.3. The maximum Gasteiger partial charge on any atom is 0.155 e. The van der Waals surface area contributed by atoms with E-state index in [0.29, 0.717) is 23.5 Å². The molecule has 122 valence electrons. The first-order valence-corrected chi connectivity index (χ1v) is 9.24. The number of hydrogen-bond donors (Lipinski definition) is 1. The average Bonchev–Trinajstić information content (AvgIpc) is 2.72. The van der Waals surface area contributed by atoms with E-state index in [9.17, 15) is 9.90 Å². The third kappa shape index (κ3) is 1.92. The Morgan fingerprint density at radius 3 is 2.64 bits per heavy atom. The third-order valence-electron chi connectivity index (χ3n) is 7.80. The molecule has 22 heavy (non-hydrogen) atoms. The maximum absolute atomic E-state index is 11.8. The molecule has 0 aromatic carbocycles. The summed E-state index contributed by atoms with van der Waals surface area (Å²) in [5.74, 6) is 3.14. The van der Waals surface area contributed by atoms with Crippen LogP contribution in [0.15, 0.2) is 11.6 Å². The van der Waals surface area contributed by atoms with Crippen molar-refractivity contribution in [3.05, 3.63) is 11.6 Å². The van der Waals surface area contributed by atoms with E-state index in [4.69, 9.17) is 0 Å². The van der Waals surface area contributed by atoms with E-state index in [2.05, 4.69) is 20.8 Å². The Morgan fingerprint density at radius 2 is 1.86 bits per heavy atom. The van der Waals surface area contributed by atoms with E-state index in [0.717, 1.165) is 38.0 Å². The smallest absolute Gasteiger partial charge is 0.155 e. The molecule has 3 fully saturated rings. The first-order chi connectivity index (χ1) is 10.3. The van der Waals surface area contributed by atoms with Crippen LogP contribution in [0.3, 0.4) is 0 Å². The molecule has 0 spiro atoms. The summed E-state index contributed by atoms with van der Waals surface area (Å²) < 4.78 is 0. The van der Waals surface area contributed by atoms with Crippen LogP contribution in [0, 0.1) is 34.5 Å². The standard InChI is InChI=1S/C20H30O2/c1-19(2)11-20(3)16(8-9-17(20)22)15-6-4-12-10-13(21)5-7-14(12)18(15)19/h10,14-18,22H,4-9,11H2,1-3H3/t14-,15-,16-,17-,18+,20-/m0/s1. The monoisotopic (exact) mass is 302 g/mol. The van der Waals surface area contributed by atoms with Crippen molar-refractivity contribution in [2.45, 2.75) is 71.8 Å². The highest BCUT2D eigenvalue weighted by molar-refractivity contribution is 5.91. The van der Waals surface area contributed by atoms with E-state index >= 15 is 0 Å². The molecule has 0 bridgehead atoms. The molecule has 0 aromatic heterocycles. The van der Waals surface area contributed by atoms with Crippen LogP contribution in [0.5, 0.6) is 0 Å². The molecule has 3 saturated carbocycles. The summed E-state index contributed by atoms with van der Waals surface area (Å²) in [5.41, 5.74) is 1.84. The van der Waals surface area contributed by atoms with E-state index in [1.807, 2.05) is 6.08 Å². The molecular formula is C20H30O2. The van der Waals surface area contributed by atoms with Gasteiger partial charge in [-0.2, -0.15) is 0 Å². The Kier molecular flexibility index (Phi) is 3.18. The van der Waals surface area contributed by atoms with Crippen LogP contribution in [-0.2, 0) is 4.79 Å². The van der Waals surface area contributed by atoms with Crippen molar-refractivity contribution in [1.29, 1.82) is 0 Å². The summed E-state index contributed by atoms with van der Waals surface area (Å²) in [4.78, 5) is 11.8. The molecule has 0 aromatic rings. The summed E-state index contributed by atoms with van der Waals surface area (Å²) in [6.45, 7) is 7.20. The average molecular weight is 302 g/mol. The predicted octanol–water partition coefficient (Wildman–Crippen LogP) is 4.13. The predicted molar refractivity (Wildman–Crippen MR) is 87.3 cm³/mol. The van der Waals surface area contributed by atoms with Gasteiger partial charge in [-0.25, -0.2) is 0 Å². The van der Waals surface area contributed by atoms with Crippen LogP contribution in [-0.4, -0.2) is 17.0 Å². The zero-order chi connectivity index (χ0) is 15.7. The Hall–Kier alpha value is -0.630. The number of fused-ring (bicyclic) bond motifs is 5. The van der Waals surface area contributed by atoms with Crippen molar-refractivity contribution in [2.75, 3.05) is 0 Å². The van der Waals surface area contributed by atoms with Crippen molar-refractivity contribution >= 4 is 5.78 Å². The highest BCUT2D eigenvalue weighted by Gasteiger charge is 2.61. The topological polar surface area (TPSA) is 37.3 Å². The first kappa shape index (κ1) is 14.9. The third-order valence-corrected chi connectivity index (χ3v) is 7.80. The van der Waals surface area contributed by atoms with Crippen LogP contribution in [0.2, 0.25) is 0 Å². The van der Waals surface area contributed by atoms with Gasteiger partial charge in [0.15, 0.2) is 5.78 Å². The number of aliphatic hydroxyl groups is 1. The fourth-order valence-electron chi connectivity index (χ4n) is 7.22. The number of allylic oxidation sites excluding steroid dienone is 1. The van der Waals surface area contributed by atoms with Gasteiger partial charge in [0.05, 0.1) is 6.10 Å². The van der Waals surface area contributed by atoms with E-state index in [1.54, 1.807) is 0 Å². The van der Waals surface area contributed by atoms with Gasteiger partial charge in [-0.3, -0.25) is 4.79 Å². The SMILES string of the molecule is CC1(C)C[C@]2(C)[C@@H](O)CC[C@H]2[C@@H]2CCC3=CC(=O)CC[C@@H]3[C@H]21. The second-order valence-electron chi connectivity index (χ2n) is 9.43. The van der Waals surface area contributed by atoms with Crippen molar-refractivity contribution in [1.82, 2.24) is 0 Å². The Morgan fingerprint density at radius 1 is 1.09 bits per heavy atom. The van der Waals surface area contributed by atoms with Crippen LogP contribution >= 0.6 is 0 Å². The van der Waals surface area contributed by atoms with Crippen LogP contribution in [0.1, 0.15) is 65.7 Å². The van der Waals surface area contributed by atoms with Gasteiger partial charge in [-0.15, -0.1) is 0 Å². The normalized spacial score (nSPS) is 49.9. The zero-order valence-electron chi connectivity index (χ0n) is 14.3. The number of rotatable bonds is 0. The number of carbonyl (C=O) groups is 1. The molecule has 4 aliphatic rings. The lowest BCUT2D eigenvalue weighted by Crippen LogP contribution is -2.55. The largest absolute Gasteiger partial charge is 0.393 e. The maximum atomic E-state index is 11.8. The molecule has 4 aliphatic carbocycles. The van der Waals surface area contributed by atoms with Crippen molar-refractivity contribution in [3.63, 3.8) is 0 Å². The number of aliphatic hydroxyl groups excluding tert-OH is 1. The van der Waals surface area contributed by atoms with Gasteiger partial charge in [-0.05, 0) is 79.1 Å². The van der Waals surface area contributed by atoms with Crippen LogP contribution in [0.25, 0.3) is 0 Å². The molecule has 6 atom stereocenters. The molecule has 0 saturated heterocycles. The number of hydrogen-bond acceptors (Lipinski definition) is 2. The van der Waals surface area contributed by atoms with Gasteiger partial charge in [0.2, 0.25) is 0 Å². The lowest BCUT2D eigenvalue weighted by atomic mass is 9.45. The highest BCUT2D eigenvalue weighted by Crippen LogP contribution is 2.66. The molecule has 0 amide bonds. The van der Waals surface area contributed by atoms with Crippen molar-refractivity contribution in [2.24, 2.45) is 34.5 Å². The van der Waals surface area contributed by atoms with Gasteiger partial charge in [0.1, 0.15) is 0 Å². The second-order valence-corrected chi connectivity index (χ2v) is 9.43. The van der Waals surface area contributed by atoms with Crippen LogP contribution < -0.4 is 0 Å². The summed E-state index contributed by atoms with van der Waals surface area (Å²) in [5, 5.41) is 10.6. The lowest BCUT2D eigenvalue weighted by molar-refractivity contribution is -0.125. The zero-order valence-corrected chi connectivity index (χ0v) is 14.3. The molecule has 4 rings (SSSR count). The molecule has 0 radical (unpaired) electrons. The van der Waals surface area contributed by atoms with Crippen LogP contribution in [0.4, 0.5) is 0 Å². The lowest BCUT2D eigenvalue weighted by Gasteiger charge is -2.60. The number of ketones is 1. The van der Waals surface area contributed by atoms with Gasteiger partial charge < -0.3 is 5.11 Å². The quantitative estimate of drug-likeness (QED) is 0.730. The minimum Gasteiger partial charge on any atom is -0.393 e. The van der Waals surface area contributed by atoms with Gasteiger partial charge in [-0.1, -0.05) is 26.3 Å². The Bertz CT molecular complexity index is 532. The minimum absolute atomic E-state index is 0.109.